The summed E-state index contributed by atoms with van der Waals surface area (Å²) in [7, 11) is 1.80. The summed E-state index contributed by atoms with van der Waals surface area (Å²) < 4.78 is 1.70. The highest BCUT2D eigenvalue weighted by Gasteiger charge is 2.17. The zero-order valence-corrected chi connectivity index (χ0v) is 11.4. The number of hydrogen-bond acceptors (Lipinski definition) is 3. The SMILES string of the molecule is CC[C@H](NC(=O)c1nccn1C)c1ccc(C)cn1. The number of aromatic nitrogens is 3. The molecule has 0 aromatic carbocycles. The fraction of sp³-hybridized carbons (Fsp3) is 0.357. The van der Waals surface area contributed by atoms with Crippen LogP contribution in [0.4, 0.5) is 0 Å². The largest absolute Gasteiger partial charge is 0.341 e. The van der Waals surface area contributed by atoms with Crippen LogP contribution in [0.1, 0.15) is 41.3 Å². The number of nitrogens with zero attached hydrogens (tertiary/aromatic N) is 3. The molecule has 0 radical (unpaired) electrons. The second-order valence-corrected chi connectivity index (χ2v) is 4.56. The predicted octanol–water partition coefficient (Wildman–Crippen LogP) is 2.00. The van der Waals surface area contributed by atoms with Gasteiger partial charge in [0.15, 0.2) is 5.82 Å². The van der Waals surface area contributed by atoms with Gasteiger partial charge in [-0.25, -0.2) is 4.98 Å². The number of aryl methyl sites for hydroxylation is 2. The van der Waals surface area contributed by atoms with Crippen molar-refractivity contribution in [2.75, 3.05) is 0 Å². The number of amides is 1. The molecule has 0 aliphatic rings. The minimum absolute atomic E-state index is 0.0928. The highest BCUT2D eigenvalue weighted by Crippen LogP contribution is 2.15. The maximum absolute atomic E-state index is 12.1. The molecule has 1 atom stereocenters. The minimum Gasteiger partial charge on any atom is -0.341 e. The van der Waals surface area contributed by atoms with Crippen molar-refractivity contribution in [1.29, 1.82) is 0 Å². The average molecular weight is 258 g/mol. The fourth-order valence-corrected chi connectivity index (χ4v) is 1.88. The first-order valence-electron chi connectivity index (χ1n) is 6.32. The molecule has 0 aliphatic heterocycles. The van der Waals surface area contributed by atoms with Gasteiger partial charge in [0, 0.05) is 25.6 Å². The Balaban J connectivity index is 2.13. The van der Waals surface area contributed by atoms with E-state index in [0.717, 1.165) is 17.7 Å². The summed E-state index contributed by atoms with van der Waals surface area (Å²) in [4.78, 5) is 20.5. The lowest BCUT2D eigenvalue weighted by molar-refractivity contribution is 0.0921. The van der Waals surface area contributed by atoms with Gasteiger partial charge in [-0.3, -0.25) is 9.78 Å². The molecule has 2 aromatic heterocycles. The van der Waals surface area contributed by atoms with E-state index in [1.165, 1.54) is 0 Å². The summed E-state index contributed by atoms with van der Waals surface area (Å²) in [5, 5.41) is 2.96. The van der Waals surface area contributed by atoms with E-state index in [2.05, 4.69) is 15.3 Å². The van der Waals surface area contributed by atoms with E-state index < -0.39 is 0 Å². The monoisotopic (exact) mass is 258 g/mol. The zero-order chi connectivity index (χ0) is 13.8. The van der Waals surface area contributed by atoms with E-state index in [1.807, 2.05) is 32.2 Å². The van der Waals surface area contributed by atoms with Crippen molar-refractivity contribution >= 4 is 5.91 Å². The van der Waals surface area contributed by atoms with E-state index in [-0.39, 0.29) is 11.9 Å². The Morgan fingerprint density at radius 3 is 2.74 bits per heavy atom. The van der Waals surface area contributed by atoms with Crippen molar-refractivity contribution < 1.29 is 4.79 Å². The van der Waals surface area contributed by atoms with E-state index >= 15 is 0 Å². The number of nitrogens with one attached hydrogen (secondary N) is 1. The maximum Gasteiger partial charge on any atom is 0.287 e. The van der Waals surface area contributed by atoms with Crippen LogP contribution in [-0.4, -0.2) is 20.4 Å². The van der Waals surface area contributed by atoms with Crippen LogP contribution < -0.4 is 5.32 Å². The van der Waals surface area contributed by atoms with Crippen LogP contribution in [-0.2, 0) is 7.05 Å². The van der Waals surface area contributed by atoms with E-state index in [1.54, 1.807) is 24.0 Å². The van der Waals surface area contributed by atoms with Crippen molar-refractivity contribution in [3.05, 3.63) is 47.8 Å². The van der Waals surface area contributed by atoms with Crippen LogP contribution in [0.3, 0.4) is 0 Å². The number of carbonyl (C=O) groups is 1. The molecule has 100 valence electrons. The van der Waals surface area contributed by atoms with Crippen molar-refractivity contribution in [1.82, 2.24) is 19.9 Å². The molecule has 0 aliphatic carbocycles. The van der Waals surface area contributed by atoms with E-state index in [9.17, 15) is 4.79 Å². The highest BCUT2D eigenvalue weighted by atomic mass is 16.2. The van der Waals surface area contributed by atoms with Gasteiger partial charge < -0.3 is 9.88 Å². The lowest BCUT2D eigenvalue weighted by Gasteiger charge is -2.16. The number of pyridine rings is 1. The Labute approximate surface area is 112 Å². The molecule has 2 heterocycles. The number of hydrogen-bond donors (Lipinski definition) is 1. The van der Waals surface area contributed by atoms with Crippen molar-refractivity contribution in [2.45, 2.75) is 26.3 Å². The predicted molar refractivity (Wildman–Crippen MR) is 72.7 cm³/mol. The Hall–Kier alpha value is -2.17. The highest BCUT2D eigenvalue weighted by molar-refractivity contribution is 5.91. The van der Waals surface area contributed by atoms with Gasteiger partial charge in [0.25, 0.3) is 5.91 Å². The Morgan fingerprint density at radius 1 is 1.42 bits per heavy atom. The molecule has 0 saturated heterocycles. The molecular formula is C14H18N4O. The molecule has 5 nitrogen and oxygen atoms in total. The molecule has 2 aromatic rings. The molecule has 0 bridgehead atoms. The van der Waals surface area contributed by atoms with Crippen LogP contribution >= 0.6 is 0 Å². The molecule has 0 saturated carbocycles. The van der Waals surface area contributed by atoms with Crippen LogP contribution in [0, 0.1) is 6.92 Å². The third-order valence-electron chi connectivity index (χ3n) is 3.03. The normalized spacial score (nSPS) is 12.2. The van der Waals surface area contributed by atoms with Gasteiger partial charge in [0.2, 0.25) is 0 Å². The molecule has 0 spiro atoms. The first-order valence-corrected chi connectivity index (χ1v) is 6.32. The average Bonchev–Trinajstić information content (AvgIpc) is 2.83. The van der Waals surface area contributed by atoms with E-state index in [0.29, 0.717) is 5.82 Å². The summed E-state index contributed by atoms with van der Waals surface area (Å²) in [5.74, 6) is 0.229. The smallest absolute Gasteiger partial charge is 0.287 e. The second kappa shape index (κ2) is 5.65. The van der Waals surface area contributed by atoms with Gasteiger partial charge in [0.05, 0.1) is 11.7 Å². The Bertz CT molecular complexity index is 559. The van der Waals surface area contributed by atoms with Crippen molar-refractivity contribution in [3.63, 3.8) is 0 Å². The van der Waals surface area contributed by atoms with Crippen LogP contribution in [0.25, 0.3) is 0 Å². The van der Waals surface area contributed by atoms with Gasteiger partial charge in [0.1, 0.15) is 0 Å². The molecule has 0 unspecified atom stereocenters. The zero-order valence-electron chi connectivity index (χ0n) is 11.4. The van der Waals surface area contributed by atoms with Gasteiger partial charge >= 0.3 is 0 Å². The minimum atomic E-state index is -0.179. The third kappa shape index (κ3) is 2.99. The van der Waals surface area contributed by atoms with Crippen LogP contribution in [0.2, 0.25) is 0 Å². The van der Waals surface area contributed by atoms with Gasteiger partial charge in [-0.2, -0.15) is 0 Å². The van der Waals surface area contributed by atoms with Crippen LogP contribution in [0.15, 0.2) is 30.7 Å². The third-order valence-corrected chi connectivity index (χ3v) is 3.03. The summed E-state index contributed by atoms with van der Waals surface area (Å²) in [6, 6.07) is 3.85. The lowest BCUT2D eigenvalue weighted by Crippen LogP contribution is -2.30. The van der Waals surface area contributed by atoms with E-state index in [4.69, 9.17) is 0 Å². The maximum atomic E-state index is 12.1. The summed E-state index contributed by atoms with van der Waals surface area (Å²) in [5.41, 5.74) is 1.98. The number of rotatable bonds is 4. The molecule has 2 rings (SSSR count). The van der Waals surface area contributed by atoms with Crippen molar-refractivity contribution in [3.8, 4) is 0 Å². The first kappa shape index (κ1) is 13.3. The Morgan fingerprint density at radius 2 is 2.21 bits per heavy atom. The van der Waals surface area contributed by atoms with Crippen molar-refractivity contribution in [2.24, 2.45) is 7.05 Å². The second-order valence-electron chi connectivity index (χ2n) is 4.56. The molecule has 1 amide bonds. The van der Waals surface area contributed by atoms with Gasteiger partial charge in [-0.15, -0.1) is 0 Å². The Kier molecular flexibility index (Phi) is 3.94. The fourth-order valence-electron chi connectivity index (χ4n) is 1.88. The summed E-state index contributed by atoms with van der Waals surface area (Å²) in [6.45, 7) is 4.01. The topological polar surface area (TPSA) is 59.8 Å². The molecule has 0 fully saturated rings. The molecule has 5 heteroatoms. The molecular weight excluding hydrogens is 240 g/mol. The van der Waals surface area contributed by atoms with Crippen LogP contribution in [0.5, 0.6) is 0 Å². The standard InChI is InChI=1S/C14H18N4O/c1-4-11(12-6-5-10(2)9-16-12)17-14(19)13-15-7-8-18(13)3/h5-9,11H,4H2,1-3H3,(H,17,19)/t11-/m0/s1. The quantitative estimate of drug-likeness (QED) is 0.912. The van der Waals surface area contributed by atoms with Gasteiger partial charge in [-0.05, 0) is 25.0 Å². The molecule has 1 N–H and O–H groups in total. The van der Waals surface area contributed by atoms with Gasteiger partial charge in [-0.1, -0.05) is 13.0 Å². The lowest BCUT2D eigenvalue weighted by atomic mass is 10.1. The summed E-state index contributed by atoms with van der Waals surface area (Å²) >= 11 is 0. The first-order chi connectivity index (χ1) is 9.11. The number of carbonyl (C=O) groups excluding carboxylic acids is 1. The number of imidazole rings is 1. The summed E-state index contributed by atoms with van der Waals surface area (Å²) in [6.07, 6.45) is 5.96. The molecule has 19 heavy (non-hydrogen) atoms.